The summed E-state index contributed by atoms with van der Waals surface area (Å²) in [6, 6.07) is 20.0. The first-order chi connectivity index (χ1) is 20.0. The number of carbonyl (C=O) groups is 3. The van der Waals surface area contributed by atoms with Crippen molar-refractivity contribution >= 4 is 17.7 Å². The van der Waals surface area contributed by atoms with E-state index in [0.29, 0.717) is 54.6 Å². The van der Waals surface area contributed by atoms with Crippen LogP contribution in [0.25, 0.3) is 0 Å². The molecule has 2 N–H and O–H groups in total. The molecule has 0 saturated carbocycles. The van der Waals surface area contributed by atoms with Crippen LogP contribution in [0.5, 0.6) is 17.2 Å². The highest BCUT2D eigenvalue weighted by Gasteiger charge is 2.32. The Morgan fingerprint density at radius 1 is 0.951 bits per heavy atom. The summed E-state index contributed by atoms with van der Waals surface area (Å²) in [5.41, 5.74) is 1.76. The third-order valence-corrected chi connectivity index (χ3v) is 6.51. The van der Waals surface area contributed by atoms with Crippen LogP contribution in [-0.2, 0) is 20.9 Å². The fourth-order valence-electron chi connectivity index (χ4n) is 4.39. The summed E-state index contributed by atoms with van der Waals surface area (Å²) < 4.78 is 21.6. The first-order valence-electron chi connectivity index (χ1n) is 13.5. The molecule has 3 aromatic carbocycles. The number of nitrogens with one attached hydrogen (secondary N) is 2. The van der Waals surface area contributed by atoms with Crippen LogP contribution in [0.15, 0.2) is 72.8 Å². The maximum absolute atomic E-state index is 13.8. The number of ether oxygens (including phenoxy) is 4. The van der Waals surface area contributed by atoms with Gasteiger partial charge in [0.1, 0.15) is 11.8 Å². The van der Waals surface area contributed by atoms with Crippen molar-refractivity contribution in [2.75, 3.05) is 40.2 Å². The van der Waals surface area contributed by atoms with Gasteiger partial charge in [-0.2, -0.15) is 0 Å². The minimum Gasteiger partial charge on any atom is -0.497 e. The number of methoxy groups -OCH3 is 1. The highest BCUT2D eigenvalue weighted by Crippen LogP contribution is 2.34. The SMILES string of the molecule is CCOCCCNC(=O)[C@H](c1ccc(OC)cc1)N(Cc1ccc2c(c1)OCO2)C(=O)CNC(=O)c1ccccc1. The molecule has 10 heteroatoms. The largest absolute Gasteiger partial charge is 0.497 e. The van der Waals surface area contributed by atoms with E-state index in [-0.39, 0.29) is 31.7 Å². The molecule has 10 nitrogen and oxygen atoms in total. The molecule has 0 spiro atoms. The molecular weight excluding hydrogens is 526 g/mol. The summed E-state index contributed by atoms with van der Waals surface area (Å²) in [7, 11) is 1.56. The van der Waals surface area contributed by atoms with Crippen molar-refractivity contribution in [1.29, 1.82) is 0 Å². The highest BCUT2D eigenvalue weighted by atomic mass is 16.7. The Morgan fingerprint density at radius 2 is 1.71 bits per heavy atom. The van der Waals surface area contributed by atoms with Crippen molar-refractivity contribution in [3.05, 3.63) is 89.5 Å². The normalized spacial score (nSPS) is 12.3. The third-order valence-electron chi connectivity index (χ3n) is 6.51. The van der Waals surface area contributed by atoms with Gasteiger partial charge in [-0.15, -0.1) is 0 Å². The summed E-state index contributed by atoms with van der Waals surface area (Å²) in [4.78, 5) is 41.7. The fraction of sp³-hybridized carbons (Fsp3) is 0.323. The molecule has 1 heterocycles. The van der Waals surface area contributed by atoms with Crippen LogP contribution < -0.4 is 24.8 Å². The summed E-state index contributed by atoms with van der Waals surface area (Å²) >= 11 is 0. The van der Waals surface area contributed by atoms with Gasteiger partial charge in [0.25, 0.3) is 5.91 Å². The Kier molecular flexibility index (Phi) is 10.6. The Hall–Kier alpha value is -4.57. The van der Waals surface area contributed by atoms with E-state index in [4.69, 9.17) is 18.9 Å². The zero-order valence-corrected chi connectivity index (χ0v) is 23.3. The molecule has 0 bridgehead atoms. The molecule has 41 heavy (non-hydrogen) atoms. The van der Waals surface area contributed by atoms with Crippen LogP contribution in [0.3, 0.4) is 0 Å². The summed E-state index contributed by atoms with van der Waals surface area (Å²) in [5.74, 6) is 0.623. The molecule has 3 amide bonds. The molecule has 0 fully saturated rings. The van der Waals surface area contributed by atoms with Crippen molar-refractivity contribution in [3.63, 3.8) is 0 Å². The Labute approximate surface area is 239 Å². The Morgan fingerprint density at radius 3 is 2.44 bits per heavy atom. The summed E-state index contributed by atoms with van der Waals surface area (Å²) in [6.07, 6.45) is 0.623. The number of benzene rings is 3. The lowest BCUT2D eigenvalue weighted by Gasteiger charge is -2.32. The zero-order chi connectivity index (χ0) is 29.0. The Balaban J connectivity index is 1.62. The molecule has 0 radical (unpaired) electrons. The first-order valence-corrected chi connectivity index (χ1v) is 13.5. The maximum atomic E-state index is 13.8. The monoisotopic (exact) mass is 561 g/mol. The number of amides is 3. The van der Waals surface area contributed by atoms with Crippen molar-refractivity contribution in [3.8, 4) is 17.2 Å². The van der Waals surface area contributed by atoms with Crippen LogP contribution in [0.2, 0.25) is 0 Å². The van der Waals surface area contributed by atoms with Crippen molar-refractivity contribution in [2.24, 2.45) is 0 Å². The average Bonchev–Trinajstić information content (AvgIpc) is 3.48. The van der Waals surface area contributed by atoms with E-state index in [9.17, 15) is 14.4 Å². The number of hydrogen-bond acceptors (Lipinski definition) is 7. The molecular formula is C31H35N3O7. The van der Waals surface area contributed by atoms with Gasteiger partial charge >= 0.3 is 0 Å². The van der Waals surface area contributed by atoms with Crippen molar-refractivity contribution in [2.45, 2.75) is 25.9 Å². The van der Waals surface area contributed by atoms with Crippen LogP contribution in [-0.4, -0.2) is 62.8 Å². The molecule has 216 valence electrons. The molecule has 0 aliphatic carbocycles. The van der Waals surface area contributed by atoms with E-state index in [0.717, 1.165) is 5.56 Å². The van der Waals surface area contributed by atoms with E-state index in [2.05, 4.69) is 10.6 Å². The minimum atomic E-state index is -0.987. The molecule has 4 rings (SSSR count). The highest BCUT2D eigenvalue weighted by molar-refractivity contribution is 5.97. The van der Waals surface area contributed by atoms with Crippen molar-refractivity contribution in [1.82, 2.24) is 15.5 Å². The predicted octanol–water partition coefficient (Wildman–Crippen LogP) is 3.47. The van der Waals surface area contributed by atoms with E-state index in [1.807, 2.05) is 19.1 Å². The molecule has 1 aliphatic rings. The van der Waals surface area contributed by atoms with Gasteiger partial charge in [0.2, 0.25) is 18.6 Å². The topological polar surface area (TPSA) is 115 Å². The number of fused-ring (bicyclic) bond motifs is 1. The smallest absolute Gasteiger partial charge is 0.251 e. The number of rotatable bonds is 14. The maximum Gasteiger partial charge on any atom is 0.251 e. The number of hydrogen-bond donors (Lipinski definition) is 2. The van der Waals surface area contributed by atoms with E-state index in [1.165, 1.54) is 4.90 Å². The molecule has 3 aromatic rings. The van der Waals surface area contributed by atoms with Crippen LogP contribution >= 0.6 is 0 Å². The standard InChI is InChI=1S/C31H35N3O7/c1-3-39-17-7-16-32-31(37)29(23-11-13-25(38-2)14-12-23)34(20-22-10-15-26-27(18-22)41-21-40-26)28(35)19-33-30(36)24-8-5-4-6-9-24/h4-6,8-15,18,29H,3,7,16-17,19-21H2,1-2H3,(H,32,37)(H,33,36)/t29-/m0/s1. The molecule has 1 atom stereocenters. The molecule has 1 aliphatic heterocycles. The number of nitrogens with zero attached hydrogens (tertiary/aromatic N) is 1. The second-order valence-corrected chi connectivity index (χ2v) is 9.28. The summed E-state index contributed by atoms with van der Waals surface area (Å²) in [6.45, 7) is 3.29. The number of carbonyl (C=O) groups excluding carboxylic acids is 3. The third kappa shape index (κ3) is 7.98. The van der Waals surface area contributed by atoms with Crippen molar-refractivity contribution < 1.29 is 33.3 Å². The second kappa shape index (κ2) is 14.7. The lowest BCUT2D eigenvalue weighted by Crippen LogP contribution is -2.47. The van der Waals surface area contributed by atoms with Gasteiger partial charge in [-0.3, -0.25) is 14.4 Å². The average molecular weight is 562 g/mol. The van der Waals surface area contributed by atoms with Gasteiger partial charge in [-0.1, -0.05) is 36.4 Å². The van der Waals surface area contributed by atoms with Gasteiger partial charge < -0.3 is 34.5 Å². The molecule has 0 saturated heterocycles. The van der Waals surface area contributed by atoms with Crippen LogP contribution in [0.4, 0.5) is 0 Å². The van der Waals surface area contributed by atoms with E-state index < -0.39 is 11.9 Å². The Bertz CT molecular complexity index is 1320. The second-order valence-electron chi connectivity index (χ2n) is 9.28. The van der Waals surface area contributed by atoms with E-state index in [1.54, 1.807) is 67.8 Å². The van der Waals surface area contributed by atoms with Crippen LogP contribution in [0.1, 0.15) is 40.9 Å². The first kappa shape index (κ1) is 29.4. The summed E-state index contributed by atoms with van der Waals surface area (Å²) in [5, 5.41) is 5.64. The quantitative estimate of drug-likeness (QED) is 0.290. The molecule has 0 unspecified atom stereocenters. The zero-order valence-electron chi connectivity index (χ0n) is 23.3. The van der Waals surface area contributed by atoms with Gasteiger partial charge in [-0.05, 0) is 60.9 Å². The van der Waals surface area contributed by atoms with Crippen LogP contribution in [0, 0.1) is 0 Å². The van der Waals surface area contributed by atoms with Gasteiger partial charge in [0.05, 0.1) is 13.7 Å². The minimum absolute atomic E-state index is 0.0831. The lowest BCUT2D eigenvalue weighted by atomic mass is 10.0. The molecule has 0 aromatic heterocycles. The van der Waals surface area contributed by atoms with Gasteiger partial charge in [-0.25, -0.2) is 0 Å². The lowest BCUT2D eigenvalue weighted by molar-refractivity contribution is -0.140. The van der Waals surface area contributed by atoms with Gasteiger partial charge in [0, 0.05) is 31.9 Å². The fourth-order valence-corrected chi connectivity index (χ4v) is 4.39. The van der Waals surface area contributed by atoms with Gasteiger partial charge in [0.15, 0.2) is 11.5 Å². The van der Waals surface area contributed by atoms with E-state index >= 15 is 0 Å². The predicted molar refractivity (Wildman–Crippen MR) is 152 cm³/mol.